The molecular weight excluding hydrogens is 284 g/mol. The van der Waals surface area contributed by atoms with Gasteiger partial charge in [-0.2, -0.15) is 0 Å². The summed E-state index contributed by atoms with van der Waals surface area (Å²) >= 11 is 1.51. The van der Waals surface area contributed by atoms with Crippen molar-refractivity contribution < 1.29 is 4.79 Å². The summed E-state index contributed by atoms with van der Waals surface area (Å²) in [5, 5.41) is 5.80. The number of thiazole rings is 1. The number of nitrogens with two attached hydrogens (primary N) is 1. The second-order valence-corrected chi connectivity index (χ2v) is 6.87. The van der Waals surface area contributed by atoms with E-state index in [9.17, 15) is 4.79 Å². The second-order valence-electron chi connectivity index (χ2n) is 5.93. The van der Waals surface area contributed by atoms with Crippen molar-refractivity contribution in [2.75, 3.05) is 26.2 Å². The van der Waals surface area contributed by atoms with Crippen LogP contribution in [-0.4, -0.2) is 48.0 Å². The van der Waals surface area contributed by atoms with Crippen LogP contribution >= 0.6 is 11.3 Å². The Labute approximate surface area is 130 Å². The summed E-state index contributed by atoms with van der Waals surface area (Å²) in [6.45, 7) is 8.00. The molecule has 1 amide bonds. The minimum atomic E-state index is -0.0700. The molecule has 5 nitrogen and oxygen atoms in total. The molecule has 3 N–H and O–H groups in total. The van der Waals surface area contributed by atoms with Gasteiger partial charge in [-0.25, -0.2) is 4.98 Å². The van der Waals surface area contributed by atoms with Crippen molar-refractivity contribution in [1.82, 2.24) is 15.2 Å². The van der Waals surface area contributed by atoms with E-state index in [0.717, 1.165) is 24.5 Å². The Kier molecular flexibility index (Phi) is 6.14. The fourth-order valence-electron chi connectivity index (χ4n) is 2.80. The van der Waals surface area contributed by atoms with Crippen molar-refractivity contribution in [1.29, 1.82) is 0 Å². The summed E-state index contributed by atoms with van der Waals surface area (Å²) in [7, 11) is 0. The van der Waals surface area contributed by atoms with E-state index < -0.39 is 0 Å². The van der Waals surface area contributed by atoms with Gasteiger partial charge in [0, 0.05) is 24.4 Å². The molecule has 0 saturated carbocycles. The molecule has 1 aliphatic heterocycles. The molecule has 0 radical (unpaired) electrons. The van der Waals surface area contributed by atoms with Gasteiger partial charge >= 0.3 is 0 Å². The molecular formula is C15H26N4OS. The van der Waals surface area contributed by atoms with Crippen LogP contribution in [-0.2, 0) is 6.42 Å². The number of nitrogens with zero attached hydrogens (tertiary/aromatic N) is 2. The van der Waals surface area contributed by atoms with E-state index in [1.807, 2.05) is 5.38 Å². The predicted molar refractivity (Wildman–Crippen MR) is 86.6 cm³/mol. The fraction of sp³-hybridized carbons (Fsp3) is 0.733. The maximum atomic E-state index is 12.2. The monoisotopic (exact) mass is 310 g/mol. The van der Waals surface area contributed by atoms with Gasteiger partial charge in [0.1, 0.15) is 5.69 Å². The first-order valence-electron chi connectivity index (χ1n) is 7.78. The fourth-order valence-corrected chi connectivity index (χ4v) is 3.60. The lowest BCUT2D eigenvalue weighted by Gasteiger charge is -2.30. The molecule has 118 valence electrons. The van der Waals surface area contributed by atoms with Gasteiger partial charge in [-0.15, -0.1) is 11.3 Å². The van der Waals surface area contributed by atoms with Crippen molar-refractivity contribution in [3.05, 3.63) is 16.1 Å². The van der Waals surface area contributed by atoms with E-state index in [0.29, 0.717) is 30.7 Å². The number of carbonyl (C=O) groups is 1. The molecule has 6 heteroatoms. The summed E-state index contributed by atoms with van der Waals surface area (Å²) in [4.78, 5) is 19.0. The largest absolute Gasteiger partial charge is 0.349 e. The first kappa shape index (κ1) is 16.4. The van der Waals surface area contributed by atoms with E-state index in [-0.39, 0.29) is 5.91 Å². The molecule has 1 fully saturated rings. The summed E-state index contributed by atoms with van der Waals surface area (Å²) in [5.74, 6) is 0.464. The molecule has 0 spiro atoms. The number of carbonyl (C=O) groups excluding carboxylic acids is 1. The number of hydrogen-bond donors (Lipinski definition) is 2. The Bertz CT molecular complexity index is 454. The van der Waals surface area contributed by atoms with Gasteiger partial charge in [-0.05, 0) is 38.4 Å². The molecule has 2 heterocycles. The average molecular weight is 310 g/mol. The zero-order chi connectivity index (χ0) is 15.2. The molecule has 2 rings (SSSR count). The number of nitrogens with one attached hydrogen (secondary N) is 1. The quantitative estimate of drug-likeness (QED) is 0.800. The highest BCUT2D eigenvalue weighted by Gasteiger charge is 2.25. The van der Waals surface area contributed by atoms with Crippen LogP contribution in [0.2, 0.25) is 0 Å². The molecule has 1 unspecified atom stereocenters. The third-order valence-electron chi connectivity index (χ3n) is 3.99. The highest BCUT2D eigenvalue weighted by atomic mass is 32.1. The van der Waals surface area contributed by atoms with E-state index in [1.165, 1.54) is 24.2 Å². The summed E-state index contributed by atoms with van der Waals surface area (Å²) in [6.07, 6.45) is 3.28. The van der Waals surface area contributed by atoms with Crippen LogP contribution in [0.5, 0.6) is 0 Å². The number of amides is 1. The molecule has 1 aliphatic rings. The Balaban J connectivity index is 1.88. The zero-order valence-electron chi connectivity index (χ0n) is 13.0. The summed E-state index contributed by atoms with van der Waals surface area (Å²) in [5.41, 5.74) is 6.03. The Morgan fingerprint density at radius 2 is 2.19 bits per heavy atom. The maximum Gasteiger partial charge on any atom is 0.270 e. The van der Waals surface area contributed by atoms with Crippen LogP contribution in [0.1, 0.15) is 42.2 Å². The first-order valence-corrected chi connectivity index (χ1v) is 8.66. The maximum absolute atomic E-state index is 12.2. The number of likely N-dealkylation sites (tertiary alicyclic amines) is 1. The molecule has 1 aromatic heterocycles. The lowest BCUT2D eigenvalue weighted by Crippen LogP contribution is -2.45. The van der Waals surface area contributed by atoms with Crippen molar-refractivity contribution in [2.24, 2.45) is 11.7 Å². The highest BCUT2D eigenvalue weighted by molar-refractivity contribution is 7.09. The van der Waals surface area contributed by atoms with Gasteiger partial charge in [0.15, 0.2) is 0 Å². The minimum Gasteiger partial charge on any atom is -0.349 e. The van der Waals surface area contributed by atoms with Crippen molar-refractivity contribution >= 4 is 17.2 Å². The Morgan fingerprint density at radius 3 is 2.81 bits per heavy atom. The average Bonchev–Trinajstić information content (AvgIpc) is 3.10. The van der Waals surface area contributed by atoms with E-state index in [2.05, 4.69) is 29.0 Å². The Hall–Kier alpha value is -0.980. The Morgan fingerprint density at radius 1 is 1.48 bits per heavy atom. The normalized spacial score (nSPS) is 17.3. The smallest absolute Gasteiger partial charge is 0.270 e. The van der Waals surface area contributed by atoms with Gasteiger partial charge in [0.25, 0.3) is 5.91 Å². The minimum absolute atomic E-state index is 0.0700. The number of hydrogen-bond acceptors (Lipinski definition) is 5. The molecule has 21 heavy (non-hydrogen) atoms. The van der Waals surface area contributed by atoms with Crippen molar-refractivity contribution in [3.63, 3.8) is 0 Å². The lowest BCUT2D eigenvalue weighted by atomic mass is 10.0. The van der Waals surface area contributed by atoms with Crippen molar-refractivity contribution in [2.45, 2.75) is 39.2 Å². The summed E-state index contributed by atoms with van der Waals surface area (Å²) < 4.78 is 0. The summed E-state index contributed by atoms with van der Waals surface area (Å²) in [6, 6.07) is 0.415. The SMILES string of the molecule is CC(C)C(CNC(=O)c1csc(CCN)n1)N1CCCC1. The second kappa shape index (κ2) is 7.87. The molecule has 1 saturated heterocycles. The molecule has 1 aromatic rings. The van der Waals surface area contributed by atoms with Gasteiger partial charge in [-0.1, -0.05) is 13.8 Å². The van der Waals surface area contributed by atoms with Crippen LogP contribution in [0, 0.1) is 5.92 Å². The molecule has 1 atom stereocenters. The molecule has 0 bridgehead atoms. The van der Waals surface area contributed by atoms with E-state index in [1.54, 1.807) is 0 Å². The van der Waals surface area contributed by atoms with Crippen LogP contribution < -0.4 is 11.1 Å². The van der Waals surface area contributed by atoms with Crippen molar-refractivity contribution in [3.8, 4) is 0 Å². The van der Waals surface area contributed by atoms with Crippen LogP contribution in [0.25, 0.3) is 0 Å². The third-order valence-corrected chi connectivity index (χ3v) is 4.90. The standard InChI is InChI=1S/C15H26N4OS/c1-11(2)13(19-7-3-4-8-19)9-17-15(20)12-10-21-14(18-12)5-6-16/h10-11,13H,3-9,16H2,1-2H3,(H,17,20). The van der Waals surface area contributed by atoms with Crippen LogP contribution in [0.15, 0.2) is 5.38 Å². The van der Waals surface area contributed by atoms with E-state index in [4.69, 9.17) is 5.73 Å². The van der Waals surface area contributed by atoms with Gasteiger partial charge in [0.05, 0.1) is 5.01 Å². The lowest BCUT2D eigenvalue weighted by molar-refractivity contribution is 0.0923. The van der Waals surface area contributed by atoms with Gasteiger partial charge in [0.2, 0.25) is 0 Å². The van der Waals surface area contributed by atoms with Gasteiger partial charge < -0.3 is 11.1 Å². The third kappa shape index (κ3) is 4.49. The zero-order valence-corrected chi connectivity index (χ0v) is 13.8. The number of rotatable bonds is 7. The first-order chi connectivity index (χ1) is 10.1. The van der Waals surface area contributed by atoms with E-state index >= 15 is 0 Å². The predicted octanol–water partition coefficient (Wildman–Crippen LogP) is 1.49. The number of aromatic nitrogens is 1. The highest BCUT2D eigenvalue weighted by Crippen LogP contribution is 2.17. The molecule has 0 aromatic carbocycles. The van der Waals surface area contributed by atoms with Crippen LogP contribution in [0.3, 0.4) is 0 Å². The van der Waals surface area contributed by atoms with Gasteiger partial charge in [-0.3, -0.25) is 9.69 Å². The molecule has 0 aliphatic carbocycles. The topological polar surface area (TPSA) is 71.2 Å². The van der Waals surface area contributed by atoms with Crippen LogP contribution in [0.4, 0.5) is 0 Å².